The van der Waals surface area contributed by atoms with E-state index in [1.54, 1.807) is 66.5 Å². The summed E-state index contributed by atoms with van der Waals surface area (Å²) in [6, 6.07) is 28.8. The molecule has 196 valence electrons. The van der Waals surface area contributed by atoms with Crippen LogP contribution in [0.2, 0.25) is 0 Å². The molecule has 0 radical (unpaired) electrons. The number of aromatic nitrogens is 1. The van der Waals surface area contributed by atoms with Gasteiger partial charge < -0.3 is 14.6 Å². The molecule has 1 fully saturated rings. The second kappa shape index (κ2) is 12.1. The van der Waals surface area contributed by atoms with Crippen molar-refractivity contribution in [1.82, 2.24) is 4.98 Å². The summed E-state index contributed by atoms with van der Waals surface area (Å²) in [5.41, 5.74) is 2.96. The molecule has 3 atom stereocenters. The van der Waals surface area contributed by atoms with Crippen molar-refractivity contribution in [3.63, 3.8) is 0 Å². The number of anilines is 1. The van der Waals surface area contributed by atoms with Crippen LogP contribution in [-0.2, 0) is 26.1 Å². The van der Waals surface area contributed by atoms with Gasteiger partial charge in [-0.2, -0.15) is 0 Å². The van der Waals surface area contributed by atoms with Crippen LogP contribution in [0.25, 0.3) is 0 Å². The number of nitrogens with zero attached hydrogens (tertiary/aromatic N) is 1. The first-order chi connectivity index (χ1) is 18.5. The van der Waals surface area contributed by atoms with Gasteiger partial charge in [-0.1, -0.05) is 60.7 Å². The van der Waals surface area contributed by atoms with Crippen LogP contribution in [0.4, 0.5) is 5.69 Å². The maximum absolute atomic E-state index is 12.9. The average Bonchev–Trinajstić information content (AvgIpc) is 2.97. The van der Waals surface area contributed by atoms with Crippen LogP contribution in [0.15, 0.2) is 113 Å². The third-order valence-electron chi connectivity index (χ3n) is 6.13. The number of nitrogens with one attached hydrogen (secondary N) is 1. The quantitative estimate of drug-likeness (QED) is 0.259. The Hall–Kier alpha value is -3.21. The molecule has 5 rings (SSSR count). The molecule has 38 heavy (non-hydrogen) atoms. The minimum Gasteiger partial charge on any atom is -0.392 e. The first-order valence-electron chi connectivity index (χ1n) is 12.2. The zero-order valence-corrected chi connectivity index (χ0v) is 22.1. The minimum absolute atomic E-state index is 0.0213. The molecule has 2 N–H and O–H groups in total. The molecule has 0 bridgehead atoms. The molecule has 0 saturated carbocycles. The highest BCUT2D eigenvalue weighted by Crippen LogP contribution is 2.39. The number of benzene rings is 3. The minimum atomic E-state index is -3.73. The van der Waals surface area contributed by atoms with Crippen LogP contribution >= 0.6 is 11.8 Å². The van der Waals surface area contributed by atoms with Gasteiger partial charge in [0.2, 0.25) is 0 Å². The summed E-state index contributed by atoms with van der Waals surface area (Å²) < 4.78 is 41.1. The molecule has 7 nitrogen and oxygen atoms in total. The molecule has 1 unspecified atom stereocenters. The first-order valence-corrected chi connectivity index (χ1v) is 14.7. The van der Waals surface area contributed by atoms with Crippen LogP contribution in [0, 0.1) is 0 Å². The maximum Gasteiger partial charge on any atom is 0.261 e. The van der Waals surface area contributed by atoms with Gasteiger partial charge in [-0.3, -0.25) is 4.72 Å². The molecule has 1 aromatic heterocycles. The summed E-state index contributed by atoms with van der Waals surface area (Å²) in [6.45, 7) is -0.0213. The number of sulfonamides is 1. The van der Waals surface area contributed by atoms with Gasteiger partial charge in [0.25, 0.3) is 10.0 Å². The summed E-state index contributed by atoms with van der Waals surface area (Å²) in [4.78, 5) is 4.58. The summed E-state index contributed by atoms with van der Waals surface area (Å²) in [6.07, 6.45) is 1.36. The smallest absolute Gasteiger partial charge is 0.261 e. The molecule has 0 amide bonds. The third kappa shape index (κ3) is 6.61. The average molecular weight is 549 g/mol. The van der Waals surface area contributed by atoms with E-state index in [0.717, 1.165) is 16.2 Å². The van der Waals surface area contributed by atoms with Gasteiger partial charge in [0.1, 0.15) is 0 Å². The Morgan fingerprint density at radius 1 is 0.895 bits per heavy atom. The van der Waals surface area contributed by atoms with E-state index in [4.69, 9.17) is 9.47 Å². The number of aliphatic hydroxyl groups excluding tert-OH is 1. The van der Waals surface area contributed by atoms with E-state index in [-0.39, 0.29) is 23.7 Å². The summed E-state index contributed by atoms with van der Waals surface area (Å²) >= 11 is 1.62. The molecule has 9 heteroatoms. The Labute approximate surface area is 226 Å². The van der Waals surface area contributed by atoms with Gasteiger partial charge in [0, 0.05) is 29.6 Å². The van der Waals surface area contributed by atoms with Crippen molar-refractivity contribution < 1.29 is 23.0 Å². The van der Waals surface area contributed by atoms with Crippen LogP contribution in [0.5, 0.6) is 0 Å². The summed E-state index contributed by atoms with van der Waals surface area (Å²) in [5.74, 6) is 0.683. The van der Waals surface area contributed by atoms with Crippen molar-refractivity contribution in [3.8, 4) is 0 Å². The van der Waals surface area contributed by atoms with Crippen molar-refractivity contribution in [3.05, 3.63) is 120 Å². The third-order valence-corrected chi connectivity index (χ3v) is 8.61. The fourth-order valence-corrected chi connectivity index (χ4v) is 6.15. The van der Waals surface area contributed by atoms with Crippen molar-refractivity contribution >= 4 is 27.5 Å². The van der Waals surface area contributed by atoms with E-state index in [0.29, 0.717) is 23.4 Å². The SMILES string of the molecule is O=S(=O)(Nc1cccc(C2O[C@H](CSc3ccccn3)C[C@H](c3ccc(CO)cc3)O2)c1)c1ccccc1. The van der Waals surface area contributed by atoms with Crippen molar-refractivity contribution in [1.29, 1.82) is 0 Å². The van der Waals surface area contributed by atoms with Crippen molar-refractivity contribution in [2.45, 2.75) is 41.4 Å². The summed E-state index contributed by atoms with van der Waals surface area (Å²) in [5, 5.41) is 10.3. The standard InChI is InChI=1S/C29H28N2O5S2/c32-19-21-12-14-22(15-13-21)27-18-25(20-37-28-11-4-5-16-30-28)35-29(36-27)23-7-6-8-24(17-23)31-38(33,34)26-9-2-1-3-10-26/h1-17,25,27,29,31-32H,18-20H2/t25-,27+,29?/m0/s1. The van der Waals surface area contributed by atoms with Gasteiger partial charge in [-0.05, 0) is 47.5 Å². The van der Waals surface area contributed by atoms with E-state index >= 15 is 0 Å². The zero-order valence-electron chi connectivity index (χ0n) is 20.5. The van der Waals surface area contributed by atoms with Crippen LogP contribution in [-0.4, -0.2) is 30.4 Å². The number of hydrogen-bond acceptors (Lipinski definition) is 7. The Kier molecular flexibility index (Phi) is 8.41. The van der Waals surface area contributed by atoms with Crippen LogP contribution in [0.1, 0.15) is 35.5 Å². The Bertz CT molecular complexity index is 1440. The molecule has 1 aliphatic heterocycles. The van der Waals surface area contributed by atoms with Crippen molar-refractivity contribution in [2.75, 3.05) is 10.5 Å². The van der Waals surface area contributed by atoms with E-state index in [2.05, 4.69) is 9.71 Å². The van der Waals surface area contributed by atoms with Crippen LogP contribution < -0.4 is 4.72 Å². The first kappa shape index (κ1) is 26.4. The Morgan fingerprint density at radius 3 is 2.42 bits per heavy atom. The molecule has 3 aromatic carbocycles. The number of hydrogen-bond donors (Lipinski definition) is 2. The lowest BCUT2D eigenvalue weighted by atomic mass is 10.0. The lowest BCUT2D eigenvalue weighted by Gasteiger charge is -2.36. The number of pyridine rings is 1. The second-order valence-corrected chi connectivity index (χ2v) is 11.6. The molecule has 0 spiro atoms. The maximum atomic E-state index is 12.9. The molecule has 0 aliphatic carbocycles. The highest BCUT2D eigenvalue weighted by Gasteiger charge is 2.32. The van der Waals surface area contributed by atoms with E-state index in [1.165, 1.54) is 0 Å². The monoisotopic (exact) mass is 548 g/mol. The highest BCUT2D eigenvalue weighted by molar-refractivity contribution is 7.99. The second-order valence-electron chi connectivity index (χ2n) is 8.87. The molecule has 1 saturated heterocycles. The molecule has 1 aliphatic rings. The lowest BCUT2D eigenvalue weighted by molar-refractivity contribution is -0.245. The fraction of sp³-hybridized carbons (Fsp3) is 0.207. The van der Waals surface area contributed by atoms with E-state index in [1.807, 2.05) is 48.5 Å². The fourth-order valence-electron chi connectivity index (χ4n) is 4.20. The number of aliphatic hydroxyl groups is 1. The Balaban J connectivity index is 1.37. The topological polar surface area (TPSA) is 97.8 Å². The molecular formula is C29H28N2O5S2. The van der Waals surface area contributed by atoms with Gasteiger partial charge in [-0.15, -0.1) is 11.8 Å². The predicted octanol–water partition coefficient (Wildman–Crippen LogP) is 5.71. The molecular weight excluding hydrogens is 520 g/mol. The number of thioether (sulfide) groups is 1. The predicted molar refractivity (Wildman–Crippen MR) is 147 cm³/mol. The normalized spacial score (nSPS) is 19.7. The van der Waals surface area contributed by atoms with E-state index < -0.39 is 16.3 Å². The molecule has 4 aromatic rings. The number of rotatable bonds is 9. The zero-order chi connectivity index (χ0) is 26.4. The van der Waals surface area contributed by atoms with Crippen molar-refractivity contribution in [2.24, 2.45) is 0 Å². The molecule has 2 heterocycles. The van der Waals surface area contributed by atoms with Gasteiger partial charge in [0.05, 0.1) is 28.7 Å². The number of ether oxygens (including phenoxy) is 2. The highest BCUT2D eigenvalue weighted by atomic mass is 32.2. The summed E-state index contributed by atoms with van der Waals surface area (Å²) in [7, 11) is -3.73. The van der Waals surface area contributed by atoms with Crippen LogP contribution in [0.3, 0.4) is 0 Å². The van der Waals surface area contributed by atoms with E-state index in [9.17, 15) is 13.5 Å². The Morgan fingerprint density at radius 2 is 1.68 bits per heavy atom. The lowest BCUT2D eigenvalue weighted by Crippen LogP contribution is -2.31. The van der Waals surface area contributed by atoms with Gasteiger partial charge >= 0.3 is 0 Å². The van der Waals surface area contributed by atoms with Gasteiger partial charge in [0.15, 0.2) is 6.29 Å². The van der Waals surface area contributed by atoms with Gasteiger partial charge in [-0.25, -0.2) is 13.4 Å². The largest absolute Gasteiger partial charge is 0.392 e.